The first-order chi connectivity index (χ1) is 18.1. The molecular weight excluding hydrogens is 482 g/mol. The third kappa shape index (κ3) is 10.4. The van der Waals surface area contributed by atoms with Gasteiger partial charge in [0.1, 0.15) is 13.2 Å². The number of pyridine rings is 1. The number of terminal acetylenes is 2. The fourth-order valence-electron chi connectivity index (χ4n) is 3.73. The maximum atomic E-state index is 12.8. The summed E-state index contributed by atoms with van der Waals surface area (Å²) in [5.41, 5.74) is 1.33. The first-order valence-electron chi connectivity index (χ1n) is 13.1. The van der Waals surface area contributed by atoms with Gasteiger partial charge in [0, 0.05) is 36.6 Å². The van der Waals surface area contributed by atoms with Gasteiger partial charge in [0.2, 0.25) is 0 Å². The Balaban J connectivity index is 3.26. The van der Waals surface area contributed by atoms with Gasteiger partial charge in [-0.15, -0.1) is 24.7 Å². The van der Waals surface area contributed by atoms with Gasteiger partial charge in [0.15, 0.2) is 5.75 Å². The molecule has 0 aliphatic carbocycles. The lowest BCUT2D eigenvalue weighted by molar-refractivity contribution is -0.153. The number of hydrogen-bond acceptors (Lipinski definition) is 7. The highest BCUT2D eigenvalue weighted by Gasteiger charge is 2.27. The van der Waals surface area contributed by atoms with Crippen LogP contribution < -0.4 is 4.74 Å². The summed E-state index contributed by atoms with van der Waals surface area (Å²) < 4.78 is 16.9. The van der Waals surface area contributed by atoms with E-state index in [1.165, 1.54) is 6.20 Å². The van der Waals surface area contributed by atoms with Gasteiger partial charge in [-0.3, -0.25) is 19.4 Å². The number of aromatic nitrogens is 1. The minimum absolute atomic E-state index is 0.00157. The van der Waals surface area contributed by atoms with Crippen LogP contribution in [0.2, 0.25) is 0 Å². The van der Waals surface area contributed by atoms with Gasteiger partial charge in [-0.2, -0.15) is 0 Å². The van der Waals surface area contributed by atoms with Gasteiger partial charge < -0.3 is 14.2 Å². The molecule has 0 bridgehead atoms. The topological polar surface area (TPSA) is 91.8 Å². The summed E-state index contributed by atoms with van der Waals surface area (Å²) in [5.74, 6) is 2.98. The SMILES string of the molecule is C#CCC(C(=O)OCc1cnc(C)c(OC(=O)CCC/C=C\C)c1COC(=O)C(CC#C)C(C)C)C(C)C. The maximum absolute atomic E-state index is 12.8. The molecule has 0 N–H and O–H groups in total. The Morgan fingerprint density at radius 3 is 2.03 bits per heavy atom. The summed E-state index contributed by atoms with van der Waals surface area (Å²) in [5, 5.41) is 0. The van der Waals surface area contributed by atoms with E-state index < -0.39 is 29.7 Å². The van der Waals surface area contributed by atoms with Crippen molar-refractivity contribution in [2.24, 2.45) is 23.7 Å². The third-order valence-electron chi connectivity index (χ3n) is 6.23. The molecule has 0 aromatic carbocycles. The van der Waals surface area contributed by atoms with Crippen LogP contribution in [0.5, 0.6) is 5.75 Å². The average Bonchev–Trinajstić information content (AvgIpc) is 2.87. The molecule has 2 atom stereocenters. The van der Waals surface area contributed by atoms with E-state index in [2.05, 4.69) is 16.8 Å². The number of unbranched alkanes of at least 4 members (excludes halogenated alkanes) is 1. The second-order valence-electron chi connectivity index (χ2n) is 9.84. The Morgan fingerprint density at radius 1 is 0.974 bits per heavy atom. The number of nitrogens with zero attached hydrogens (tertiary/aromatic N) is 1. The molecule has 1 aromatic rings. The largest absolute Gasteiger partial charge is 0.460 e. The molecule has 0 saturated carbocycles. The van der Waals surface area contributed by atoms with Crippen molar-refractivity contribution < 1.29 is 28.6 Å². The van der Waals surface area contributed by atoms with E-state index in [1.54, 1.807) is 6.92 Å². The summed E-state index contributed by atoms with van der Waals surface area (Å²) >= 11 is 0. The van der Waals surface area contributed by atoms with E-state index >= 15 is 0 Å². The van der Waals surface area contributed by atoms with Gasteiger partial charge >= 0.3 is 17.9 Å². The lowest BCUT2D eigenvalue weighted by Crippen LogP contribution is -2.24. The molecule has 0 aliphatic rings. The molecule has 0 radical (unpaired) electrons. The van der Waals surface area contributed by atoms with Crippen molar-refractivity contribution in [3.8, 4) is 30.4 Å². The van der Waals surface area contributed by atoms with Crippen molar-refractivity contribution in [2.45, 2.75) is 86.9 Å². The van der Waals surface area contributed by atoms with Gasteiger partial charge in [-0.25, -0.2) is 0 Å². The van der Waals surface area contributed by atoms with Crippen LogP contribution in [0, 0.1) is 55.3 Å². The average molecular weight is 524 g/mol. The minimum atomic E-state index is -0.475. The summed E-state index contributed by atoms with van der Waals surface area (Å²) in [6.07, 6.45) is 18.4. The number of allylic oxidation sites excluding steroid dienone is 2. The normalized spacial score (nSPS) is 12.6. The molecule has 0 aliphatic heterocycles. The van der Waals surface area contributed by atoms with E-state index in [9.17, 15) is 14.4 Å². The molecule has 0 saturated heterocycles. The summed E-state index contributed by atoms with van der Waals surface area (Å²) in [7, 11) is 0. The maximum Gasteiger partial charge on any atom is 0.311 e. The van der Waals surface area contributed by atoms with Gasteiger partial charge in [0.05, 0.1) is 17.5 Å². The highest BCUT2D eigenvalue weighted by Crippen LogP contribution is 2.29. The smallest absolute Gasteiger partial charge is 0.311 e. The van der Waals surface area contributed by atoms with Crippen LogP contribution in [0.4, 0.5) is 0 Å². The molecule has 0 amide bonds. The minimum Gasteiger partial charge on any atom is -0.460 e. The quantitative estimate of drug-likeness (QED) is 0.126. The van der Waals surface area contributed by atoms with Crippen LogP contribution in [0.15, 0.2) is 18.3 Å². The van der Waals surface area contributed by atoms with Crippen LogP contribution >= 0.6 is 0 Å². The van der Waals surface area contributed by atoms with Gasteiger partial charge in [-0.1, -0.05) is 39.8 Å². The van der Waals surface area contributed by atoms with Crippen molar-refractivity contribution in [3.05, 3.63) is 35.2 Å². The fraction of sp³-hybridized carbons (Fsp3) is 0.548. The predicted octanol–water partition coefficient (Wildman–Crippen LogP) is 5.72. The second-order valence-corrected chi connectivity index (χ2v) is 9.84. The van der Waals surface area contributed by atoms with E-state index in [1.807, 2.05) is 46.8 Å². The zero-order valence-electron chi connectivity index (χ0n) is 23.5. The number of carbonyl (C=O) groups excluding carboxylic acids is 3. The Hall–Kier alpha value is -3.58. The first-order valence-corrected chi connectivity index (χ1v) is 13.1. The second kappa shape index (κ2) is 17.0. The number of rotatable bonds is 15. The van der Waals surface area contributed by atoms with E-state index in [0.717, 1.165) is 6.42 Å². The number of hydrogen-bond donors (Lipinski definition) is 0. The molecule has 1 aromatic heterocycles. The Bertz CT molecular complexity index is 1060. The van der Waals surface area contributed by atoms with Gasteiger partial charge in [0.25, 0.3) is 0 Å². The molecule has 0 spiro atoms. The fourth-order valence-corrected chi connectivity index (χ4v) is 3.73. The Labute approximate surface area is 227 Å². The van der Waals surface area contributed by atoms with Crippen molar-refractivity contribution in [1.29, 1.82) is 0 Å². The molecule has 38 heavy (non-hydrogen) atoms. The van der Waals surface area contributed by atoms with E-state index in [0.29, 0.717) is 23.2 Å². The van der Waals surface area contributed by atoms with Crippen molar-refractivity contribution in [3.63, 3.8) is 0 Å². The Morgan fingerprint density at radius 2 is 1.53 bits per heavy atom. The monoisotopic (exact) mass is 523 g/mol. The van der Waals surface area contributed by atoms with Crippen molar-refractivity contribution in [1.82, 2.24) is 4.98 Å². The molecule has 2 unspecified atom stereocenters. The molecule has 1 heterocycles. The van der Waals surface area contributed by atoms with Crippen molar-refractivity contribution >= 4 is 17.9 Å². The van der Waals surface area contributed by atoms with Crippen LogP contribution in [-0.4, -0.2) is 22.9 Å². The van der Waals surface area contributed by atoms with Crippen LogP contribution in [0.1, 0.15) is 83.5 Å². The summed E-state index contributed by atoms with van der Waals surface area (Å²) in [6.45, 7) is 10.9. The predicted molar refractivity (Wildman–Crippen MR) is 146 cm³/mol. The first kappa shape index (κ1) is 32.4. The Kier molecular flexibility index (Phi) is 14.5. The summed E-state index contributed by atoms with van der Waals surface area (Å²) in [6, 6.07) is 0. The van der Waals surface area contributed by atoms with Crippen LogP contribution in [0.25, 0.3) is 0 Å². The van der Waals surface area contributed by atoms with E-state index in [-0.39, 0.29) is 50.1 Å². The van der Waals surface area contributed by atoms with Crippen LogP contribution in [-0.2, 0) is 37.1 Å². The third-order valence-corrected chi connectivity index (χ3v) is 6.23. The number of ether oxygens (including phenoxy) is 3. The van der Waals surface area contributed by atoms with E-state index in [4.69, 9.17) is 27.1 Å². The number of carbonyl (C=O) groups is 3. The van der Waals surface area contributed by atoms with Crippen LogP contribution in [0.3, 0.4) is 0 Å². The lowest BCUT2D eigenvalue weighted by atomic mass is 9.93. The molecule has 7 nitrogen and oxygen atoms in total. The molecule has 206 valence electrons. The lowest BCUT2D eigenvalue weighted by Gasteiger charge is -2.21. The standard InChI is InChI=1S/C31H41NO6/c1-9-12-13-14-17-28(33)38-29-23(8)32-18-24(19-36-30(34)25(15-10-2)21(4)5)27(29)20-37-31(35)26(16-11-3)22(6)7/h2-3,9,12,18,21-22,25-26H,13-17,19-20H2,1,4-8H3/b12-9-. The molecule has 0 fully saturated rings. The molecule has 7 heteroatoms. The zero-order chi connectivity index (χ0) is 28.7. The van der Waals surface area contributed by atoms with Gasteiger partial charge in [-0.05, 0) is 38.5 Å². The number of esters is 3. The molecular formula is C31H41NO6. The van der Waals surface area contributed by atoms with Crippen molar-refractivity contribution in [2.75, 3.05) is 0 Å². The highest BCUT2D eigenvalue weighted by molar-refractivity contribution is 5.75. The summed E-state index contributed by atoms with van der Waals surface area (Å²) in [4.78, 5) is 42.5. The highest BCUT2D eigenvalue weighted by atomic mass is 16.5. The zero-order valence-corrected chi connectivity index (χ0v) is 23.5. The number of aryl methyl sites for hydroxylation is 1. The molecule has 1 rings (SSSR count).